The zero-order valence-electron chi connectivity index (χ0n) is 13.4. The summed E-state index contributed by atoms with van der Waals surface area (Å²) < 4.78 is 55.4. The van der Waals surface area contributed by atoms with Crippen LogP contribution in [0.3, 0.4) is 0 Å². The summed E-state index contributed by atoms with van der Waals surface area (Å²) in [6, 6.07) is 8.70. The predicted octanol–water partition coefficient (Wildman–Crippen LogP) is 0.613. The fourth-order valence-corrected chi connectivity index (χ4v) is 3.21. The molecule has 27 heavy (non-hydrogen) atoms. The van der Waals surface area contributed by atoms with E-state index in [1.54, 1.807) is 30.3 Å². The molecule has 1 heterocycles. The molecule has 14 heteroatoms. The van der Waals surface area contributed by atoms with Gasteiger partial charge in [-0.1, -0.05) is 35.4 Å². The quantitative estimate of drug-likeness (QED) is 0.156. The van der Waals surface area contributed by atoms with Crippen LogP contribution in [0.2, 0.25) is 0 Å². The second kappa shape index (κ2) is 10.3. The molecule has 3 N–H and O–H groups in total. The Bertz CT molecular complexity index is 697. The molecule has 4 atom stereocenters. The van der Waals surface area contributed by atoms with E-state index in [1.165, 1.54) is 0 Å². The molecule has 0 amide bonds. The van der Waals surface area contributed by atoms with Crippen molar-refractivity contribution in [2.24, 2.45) is 0 Å². The molecule has 0 bridgehead atoms. The Morgan fingerprint density at radius 1 is 1.26 bits per heavy atom. The molecular formula is C13H16O12S2. The van der Waals surface area contributed by atoms with Gasteiger partial charge in [-0.05, 0) is 5.56 Å². The molecule has 0 spiro atoms. The number of hydrogen-bond donors (Lipinski definition) is 3. The summed E-state index contributed by atoms with van der Waals surface area (Å²) in [5.74, 6) is -1.43. The van der Waals surface area contributed by atoms with Gasteiger partial charge in [0.15, 0.2) is 18.4 Å². The second-order valence-electron chi connectivity index (χ2n) is 5.19. The number of carboxylic acids is 1. The molecular weight excluding hydrogens is 412 g/mol. The highest BCUT2D eigenvalue weighted by Gasteiger charge is 2.48. The molecule has 12 nitrogen and oxygen atoms in total. The number of carboxylic acid groups (broad SMARTS) is 1. The van der Waals surface area contributed by atoms with Gasteiger partial charge in [0, 0.05) is 0 Å². The largest absolute Gasteiger partial charge is 0.479 e. The van der Waals surface area contributed by atoms with Crippen molar-refractivity contribution in [3.05, 3.63) is 35.9 Å². The first-order valence-electron chi connectivity index (χ1n) is 7.27. The first-order valence-corrected chi connectivity index (χ1v) is 9.31. The van der Waals surface area contributed by atoms with Crippen LogP contribution in [0.15, 0.2) is 30.3 Å². The fourth-order valence-electron chi connectivity index (χ4n) is 2.37. The summed E-state index contributed by atoms with van der Waals surface area (Å²) in [5.41, 5.74) is 0.697. The summed E-state index contributed by atoms with van der Waals surface area (Å²) in [6.45, 7) is -0.566. The van der Waals surface area contributed by atoms with Crippen molar-refractivity contribution < 1.29 is 55.3 Å². The molecule has 0 aromatic heterocycles. The van der Waals surface area contributed by atoms with Gasteiger partial charge in [0.05, 0.1) is 13.2 Å². The van der Waals surface area contributed by atoms with Gasteiger partial charge in [0.25, 0.3) is 0 Å². The minimum atomic E-state index is -4.89. The Balaban J connectivity index is 2.21. The number of aliphatic carboxylic acids is 1. The normalized spacial score (nSPS) is 26.0. The lowest BCUT2D eigenvalue weighted by Crippen LogP contribution is -2.58. The van der Waals surface area contributed by atoms with Gasteiger partial charge >= 0.3 is 16.4 Å². The van der Waals surface area contributed by atoms with Gasteiger partial charge in [-0.15, -0.1) is 4.33 Å². The lowest BCUT2D eigenvalue weighted by Gasteiger charge is -2.38. The van der Waals surface area contributed by atoms with Gasteiger partial charge < -0.3 is 14.6 Å². The van der Waals surface area contributed by atoms with Crippen molar-refractivity contribution in [2.75, 3.05) is 6.61 Å². The van der Waals surface area contributed by atoms with E-state index in [1.807, 2.05) is 0 Å². The molecule has 0 aliphatic carbocycles. The third kappa shape index (κ3) is 6.96. The van der Waals surface area contributed by atoms with Crippen LogP contribution in [0.5, 0.6) is 0 Å². The Kier molecular flexibility index (Phi) is 8.36. The zero-order chi connectivity index (χ0) is 19.9. The summed E-state index contributed by atoms with van der Waals surface area (Å²) in [6.07, 6.45) is -5.76. The van der Waals surface area contributed by atoms with Gasteiger partial charge in [-0.2, -0.15) is 8.42 Å². The smallest absolute Gasteiger partial charge is 0.397 e. The number of rotatable bonds is 10. The maximum atomic E-state index is 11.4. The first kappa shape index (κ1) is 22.0. The Hall–Kier alpha value is -1.33. The average molecular weight is 428 g/mol. The van der Waals surface area contributed by atoms with E-state index in [-0.39, 0.29) is 18.9 Å². The van der Waals surface area contributed by atoms with Gasteiger partial charge in [0.1, 0.15) is 18.3 Å². The van der Waals surface area contributed by atoms with E-state index in [0.717, 1.165) is 0 Å². The average Bonchev–Trinajstić information content (AvgIpc) is 2.60. The highest BCUT2D eigenvalue weighted by atomic mass is 32.3. The van der Waals surface area contributed by atoms with Crippen LogP contribution in [0, 0.1) is 0 Å². The van der Waals surface area contributed by atoms with Crippen molar-refractivity contribution in [2.45, 2.75) is 31.0 Å². The number of carbonyl (C=O) groups is 1. The molecule has 2 rings (SSSR count). The van der Waals surface area contributed by atoms with Crippen LogP contribution in [0.1, 0.15) is 5.56 Å². The van der Waals surface area contributed by atoms with E-state index in [9.17, 15) is 18.3 Å². The van der Waals surface area contributed by atoms with E-state index in [2.05, 4.69) is 13.6 Å². The van der Waals surface area contributed by atoms with Crippen LogP contribution >= 0.6 is 12.3 Å². The molecule has 2 unspecified atom stereocenters. The van der Waals surface area contributed by atoms with Crippen LogP contribution < -0.4 is 0 Å². The number of benzene rings is 1. The van der Waals surface area contributed by atoms with Crippen LogP contribution in [0.4, 0.5) is 0 Å². The maximum Gasteiger partial charge on any atom is 0.397 e. The van der Waals surface area contributed by atoms with Gasteiger partial charge in [0.2, 0.25) is 0 Å². The van der Waals surface area contributed by atoms with Crippen LogP contribution in [-0.4, -0.2) is 60.3 Å². The summed E-state index contributed by atoms with van der Waals surface area (Å²) in [4.78, 5) is 11.4. The summed E-state index contributed by atoms with van der Waals surface area (Å²) in [5, 5.41) is 20.8. The van der Waals surface area contributed by atoms with Crippen molar-refractivity contribution in [3.8, 4) is 0 Å². The minimum Gasteiger partial charge on any atom is -0.479 e. The lowest BCUT2D eigenvalue weighted by atomic mass is 10.00. The lowest BCUT2D eigenvalue weighted by molar-refractivity contribution is -0.434. The third-order valence-corrected chi connectivity index (χ3v) is 4.32. The summed E-state index contributed by atoms with van der Waals surface area (Å²) in [7, 11) is -4.89. The van der Waals surface area contributed by atoms with Crippen molar-refractivity contribution in [1.82, 2.24) is 0 Å². The van der Waals surface area contributed by atoms with E-state index >= 15 is 0 Å². The summed E-state index contributed by atoms with van der Waals surface area (Å²) >= 11 is 0.0633. The van der Waals surface area contributed by atoms with Crippen molar-refractivity contribution in [3.63, 3.8) is 0 Å². The highest BCUT2D eigenvalue weighted by Crippen LogP contribution is 2.28. The van der Waals surface area contributed by atoms with Crippen LogP contribution in [-0.2, 0) is 49.0 Å². The molecule has 1 aliphatic rings. The molecule has 1 aromatic carbocycles. The Morgan fingerprint density at radius 2 is 1.96 bits per heavy atom. The first-order chi connectivity index (χ1) is 12.8. The molecule has 0 radical (unpaired) electrons. The van der Waals surface area contributed by atoms with Crippen molar-refractivity contribution >= 4 is 28.7 Å². The Labute approximate surface area is 158 Å². The molecule has 1 saturated heterocycles. The van der Waals surface area contributed by atoms with Gasteiger partial charge in [-0.3, -0.25) is 8.74 Å². The van der Waals surface area contributed by atoms with E-state index < -0.39 is 47.4 Å². The highest BCUT2D eigenvalue weighted by molar-refractivity contribution is 7.89. The molecule has 1 fully saturated rings. The predicted molar refractivity (Wildman–Crippen MR) is 86.1 cm³/mol. The maximum absolute atomic E-state index is 11.4. The number of hydrogen-bond acceptors (Lipinski definition) is 11. The molecule has 1 aromatic rings. The molecule has 152 valence electrons. The SMILES string of the molecule is O=C(O)C1OCC(OS(=O)(=O)O)[C@H](OCc2ccccc2)[C@H]1OSOOO. The second-order valence-corrected chi connectivity index (χ2v) is 6.70. The standard InChI is InChI=1S/C13H16O12S2/c14-13(15)12-11(22-26-25-24-16)10(9(7-21-12)23-27(17,18)19)20-6-8-4-2-1-3-5-8/h1-5,9-12,16H,6-7H2,(H,14,15)(H,17,18,19)/t9?,10-,11+,12?/m0/s1. The molecule has 0 saturated carbocycles. The zero-order valence-corrected chi connectivity index (χ0v) is 15.1. The van der Waals surface area contributed by atoms with E-state index in [4.69, 9.17) is 23.5 Å². The van der Waals surface area contributed by atoms with Gasteiger partial charge in [-0.25, -0.2) is 14.2 Å². The minimum absolute atomic E-state index is 0.0505. The monoisotopic (exact) mass is 428 g/mol. The van der Waals surface area contributed by atoms with Crippen molar-refractivity contribution in [1.29, 1.82) is 0 Å². The molecule has 1 aliphatic heterocycles. The number of ether oxygens (including phenoxy) is 2. The fraction of sp³-hybridized carbons (Fsp3) is 0.462. The third-order valence-electron chi connectivity index (χ3n) is 3.41. The van der Waals surface area contributed by atoms with E-state index in [0.29, 0.717) is 5.56 Å². The topological polar surface area (TPSA) is 167 Å². The van der Waals surface area contributed by atoms with Crippen LogP contribution in [0.25, 0.3) is 0 Å². The Morgan fingerprint density at radius 3 is 2.56 bits per heavy atom.